The van der Waals surface area contributed by atoms with Crippen molar-refractivity contribution in [2.24, 2.45) is 0 Å². The third-order valence-electron chi connectivity index (χ3n) is 3.24. The van der Waals surface area contributed by atoms with Gasteiger partial charge in [-0.2, -0.15) is 4.98 Å². The van der Waals surface area contributed by atoms with Crippen molar-refractivity contribution in [2.45, 2.75) is 25.3 Å². The molecular weight excluding hydrogens is 238 g/mol. The van der Waals surface area contributed by atoms with Crippen LogP contribution in [0.25, 0.3) is 0 Å². The van der Waals surface area contributed by atoms with E-state index in [0.29, 0.717) is 5.89 Å². The lowest BCUT2D eigenvalue weighted by molar-refractivity contribution is 0.354. The highest BCUT2D eigenvalue weighted by molar-refractivity contribution is 5.15. The monoisotopic (exact) mass is 255 g/mol. The number of hydrogen-bond donors (Lipinski definition) is 1. The summed E-state index contributed by atoms with van der Waals surface area (Å²) in [7, 11) is 0. The van der Waals surface area contributed by atoms with Crippen LogP contribution in [0.5, 0.6) is 0 Å². The summed E-state index contributed by atoms with van der Waals surface area (Å²) in [5.41, 5.74) is 1.35. The molecule has 0 bridgehead atoms. The van der Waals surface area contributed by atoms with Gasteiger partial charge in [-0.25, -0.2) is 0 Å². The topological polar surface area (TPSA) is 51.0 Å². The highest BCUT2D eigenvalue weighted by Gasteiger charge is 2.17. The van der Waals surface area contributed by atoms with Crippen molar-refractivity contribution >= 4 is 0 Å². The second kappa shape index (κ2) is 5.80. The van der Waals surface area contributed by atoms with Crippen molar-refractivity contribution in [1.29, 1.82) is 0 Å². The van der Waals surface area contributed by atoms with Crippen molar-refractivity contribution in [3.63, 3.8) is 0 Å². The summed E-state index contributed by atoms with van der Waals surface area (Å²) in [4.78, 5) is 4.43. The molecule has 0 saturated heterocycles. The van der Waals surface area contributed by atoms with Crippen LogP contribution in [-0.2, 0) is 12.8 Å². The molecule has 4 heteroatoms. The van der Waals surface area contributed by atoms with E-state index >= 15 is 0 Å². The maximum atomic E-state index is 5.28. The van der Waals surface area contributed by atoms with Crippen LogP contribution < -0.4 is 5.32 Å². The average molecular weight is 255 g/mol. The van der Waals surface area contributed by atoms with E-state index in [-0.39, 0.29) is 6.04 Å². The maximum absolute atomic E-state index is 5.28. The number of nitrogens with one attached hydrogen (secondary N) is 1. The van der Waals surface area contributed by atoms with Gasteiger partial charge in [-0.15, -0.1) is 0 Å². The smallest absolute Gasteiger partial charge is 0.247 e. The predicted octanol–water partition coefficient (Wildman–Crippen LogP) is 2.45. The van der Waals surface area contributed by atoms with Crippen LogP contribution in [0.4, 0.5) is 0 Å². The molecule has 0 fully saturated rings. The first-order valence-corrected chi connectivity index (χ1v) is 6.68. The number of nitrogens with zero attached hydrogens (tertiary/aromatic N) is 2. The normalized spacial score (nSPS) is 18.0. The van der Waals surface area contributed by atoms with Crippen LogP contribution in [0.1, 0.15) is 29.7 Å². The van der Waals surface area contributed by atoms with E-state index in [1.165, 1.54) is 5.56 Å². The van der Waals surface area contributed by atoms with Crippen LogP contribution in [-0.4, -0.2) is 16.7 Å². The van der Waals surface area contributed by atoms with Crippen LogP contribution in [0, 0.1) is 0 Å². The molecule has 0 saturated carbocycles. The lowest BCUT2D eigenvalue weighted by atomic mass is 10.1. The van der Waals surface area contributed by atoms with Gasteiger partial charge in [0, 0.05) is 13.0 Å². The summed E-state index contributed by atoms with van der Waals surface area (Å²) >= 11 is 0. The lowest BCUT2D eigenvalue weighted by Crippen LogP contribution is -2.14. The highest BCUT2D eigenvalue weighted by Crippen LogP contribution is 2.16. The van der Waals surface area contributed by atoms with Crippen molar-refractivity contribution in [1.82, 2.24) is 15.5 Å². The molecule has 0 radical (unpaired) electrons. The summed E-state index contributed by atoms with van der Waals surface area (Å²) in [6.07, 6.45) is 7.07. The summed E-state index contributed by atoms with van der Waals surface area (Å²) in [6.45, 7) is 0.871. The molecule has 2 aromatic rings. The fraction of sp³-hybridized carbons (Fsp3) is 0.333. The Hall–Kier alpha value is -1.94. The lowest BCUT2D eigenvalue weighted by Gasteiger charge is -2.00. The predicted molar refractivity (Wildman–Crippen MR) is 72.6 cm³/mol. The molecule has 1 N–H and O–H groups in total. The largest absolute Gasteiger partial charge is 0.337 e. The van der Waals surface area contributed by atoms with Crippen molar-refractivity contribution in [3.05, 3.63) is 59.8 Å². The number of hydrogen-bond acceptors (Lipinski definition) is 4. The van der Waals surface area contributed by atoms with Crippen LogP contribution >= 0.6 is 0 Å². The molecular formula is C15H17N3O. The minimum Gasteiger partial charge on any atom is -0.337 e. The standard InChI is InChI=1S/C15H17N3O/c1-2-6-12(7-3-1)8-4-10-14-17-15(19-18-14)13-9-5-11-16-13/h1-3,5-7,9,13,16H,4,8,10-11H2/t13-/m0/s1. The Labute approximate surface area is 112 Å². The Morgan fingerprint density at radius 3 is 2.89 bits per heavy atom. The number of aromatic nitrogens is 2. The van der Waals surface area contributed by atoms with Gasteiger partial charge in [0.05, 0.1) is 0 Å². The summed E-state index contributed by atoms with van der Waals surface area (Å²) in [5, 5.41) is 7.29. The molecule has 1 aliphatic heterocycles. The van der Waals surface area contributed by atoms with Gasteiger partial charge in [0.15, 0.2) is 5.82 Å². The van der Waals surface area contributed by atoms with Gasteiger partial charge >= 0.3 is 0 Å². The molecule has 1 aromatic carbocycles. The molecule has 0 amide bonds. The molecule has 0 aliphatic carbocycles. The fourth-order valence-electron chi connectivity index (χ4n) is 2.23. The SMILES string of the molecule is C1=C[C@@H](c2nc(CCCc3ccccc3)no2)NC1. The van der Waals surface area contributed by atoms with Gasteiger partial charge < -0.3 is 4.52 Å². The van der Waals surface area contributed by atoms with E-state index in [4.69, 9.17) is 4.52 Å². The molecule has 1 atom stereocenters. The zero-order chi connectivity index (χ0) is 12.9. The minimum absolute atomic E-state index is 0.0929. The van der Waals surface area contributed by atoms with Crippen molar-refractivity contribution in [3.8, 4) is 0 Å². The maximum Gasteiger partial charge on any atom is 0.247 e. The van der Waals surface area contributed by atoms with Crippen molar-refractivity contribution < 1.29 is 4.52 Å². The zero-order valence-electron chi connectivity index (χ0n) is 10.7. The molecule has 1 aromatic heterocycles. The molecule has 4 nitrogen and oxygen atoms in total. The highest BCUT2D eigenvalue weighted by atomic mass is 16.5. The number of benzene rings is 1. The summed E-state index contributed by atoms with van der Waals surface area (Å²) < 4.78 is 5.28. The minimum atomic E-state index is 0.0929. The molecule has 19 heavy (non-hydrogen) atoms. The van der Waals surface area contributed by atoms with Crippen LogP contribution in [0.15, 0.2) is 47.0 Å². The van der Waals surface area contributed by atoms with E-state index in [1.54, 1.807) is 0 Å². The second-order valence-corrected chi connectivity index (χ2v) is 4.70. The van der Waals surface area contributed by atoms with Gasteiger partial charge in [-0.3, -0.25) is 5.32 Å². The molecule has 2 heterocycles. The van der Waals surface area contributed by atoms with Gasteiger partial charge in [-0.1, -0.05) is 47.6 Å². The average Bonchev–Trinajstić information content (AvgIpc) is 3.10. The van der Waals surface area contributed by atoms with Crippen LogP contribution in [0.2, 0.25) is 0 Å². The van der Waals surface area contributed by atoms with Gasteiger partial charge in [0.25, 0.3) is 0 Å². The first-order valence-electron chi connectivity index (χ1n) is 6.68. The first kappa shape index (κ1) is 12.1. The number of aryl methyl sites for hydroxylation is 2. The molecule has 0 spiro atoms. The summed E-state index contributed by atoms with van der Waals surface area (Å²) in [6, 6.07) is 10.6. The zero-order valence-corrected chi connectivity index (χ0v) is 10.7. The third-order valence-corrected chi connectivity index (χ3v) is 3.24. The van der Waals surface area contributed by atoms with E-state index in [0.717, 1.165) is 31.6 Å². The van der Waals surface area contributed by atoms with Crippen LogP contribution in [0.3, 0.4) is 0 Å². The van der Waals surface area contributed by atoms with E-state index in [1.807, 2.05) is 6.07 Å². The van der Waals surface area contributed by atoms with E-state index in [9.17, 15) is 0 Å². The van der Waals surface area contributed by atoms with E-state index in [2.05, 4.69) is 51.9 Å². The number of rotatable bonds is 5. The molecule has 98 valence electrons. The Bertz CT molecular complexity index is 548. The Morgan fingerprint density at radius 2 is 2.11 bits per heavy atom. The second-order valence-electron chi connectivity index (χ2n) is 4.70. The van der Waals surface area contributed by atoms with Gasteiger partial charge in [-0.05, 0) is 18.4 Å². The quantitative estimate of drug-likeness (QED) is 0.834. The molecule has 1 aliphatic rings. The van der Waals surface area contributed by atoms with Crippen molar-refractivity contribution in [2.75, 3.05) is 6.54 Å². The molecule has 3 rings (SSSR count). The van der Waals surface area contributed by atoms with Gasteiger partial charge in [0.1, 0.15) is 6.04 Å². The summed E-state index contributed by atoms with van der Waals surface area (Å²) in [5.74, 6) is 1.47. The first-order chi connectivity index (χ1) is 9.42. The Balaban J connectivity index is 1.52. The molecule has 0 unspecified atom stereocenters. The fourth-order valence-corrected chi connectivity index (χ4v) is 2.23. The van der Waals surface area contributed by atoms with E-state index < -0.39 is 0 Å². The Morgan fingerprint density at radius 1 is 1.21 bits per heavy atom. The Kier molecular flexibility index (Phi) is 3.70. The third kappa shape index (κ3) is 3.09. The van der Waals surface area contributed by atoms with Gasteiger partial charge in [0.2, 0.25) is 5.89 Å².